The van der Waals surface area contributed by atoms with Crippen LogP contribution in [0, 0.1) is 0 Å². The molecule has 0 radical (unpaired) electrons. The molecule has 0 heterocycles. The second kappa shape index (κ2) is 10.8. The Balaban J connectivity index is 1.50. The molecule has 0 aliphatic heterocycles. The van der Waals surface area contributed by atoms with E-state index in [0.29, 0.717) is 30.7 Å². The normalized spacial score (nSPS) is 13.7. The molecule has 2 aromatic rings. The first-order chi connectivity index (χ1) is 14.6. The molecule has 6 nitrogen and oxygen atoms in total. The maximum atomic E-state index is 12.5. The number of benzene rings is 2. The number of amides is 2. The van der Waals surface area contributed by atoms with Gasteiger partial charge in [-0.2, -0.15) is 0 Å². The highest BCUT2D eigenvalue weighted by Crippen LogP contribution is 2.28. The lowest BCUT2D eigenvalue weighted by atomic mass is 10.1. The van der Waals surface area contributed by atoms with Gasteiger partial charge in [0.25, 0.3) is 0 Å². The molecule has 2 aromatic carbocycles. The number of methoxy groups -OCH3 is 2. The van der Waals surface area contributed by atoms with Crippen LogP contribution >= 0.6 is 0 Å². The van der Waals surface area contributed by atoms with E-state index in [1.165, 1.54) is 12.8 Å². The summed E-state index contributed by atoms with van der Waals surface area (Å²) in [5, 5.41) is 3.00. The van der Waals surface area contributed by atoms with Crippen molar-refractivity contribution in [2.24, 2.45) is 0 Å². The van der Waals surface area contributed by atoms with E-state index in [-0.39, 0.29) is 6.03 Å². The van der Waals surface area contributed by atoms with Gasteiger partial charge in [-0.25, -0.2) is 4.79 Å². The summed E-state index contributed by atoms with van der Waals surface area (Å²) < 4.78 is 16.8. The minimum atomic E-state index is -0.105. The predicted octanol–water partition coefficient (Wildman–Crippen LogP) is 4.41. The van der Waals surface area contributed by atoms with E-state index in [1.54, 1.807) is 26.2 Å². The maximum Gasteiger partial charge on any atom is 0.317 e. The number of carbonyl (C=O) groups excluding carboxylic acids is 1. The van der Waals surface area contributed by atoms with Crippen LogP contribution in [0.2, 0.25) is 0 Å². The summed E-state index contributed by atoms with van der Waals surface area (Å²) >= 11 is 0. The minimum absolute atomic E-state index is 0.105. The topological polar surface area (TPSA) is 60.0 Å². The van der Waals surface area contributed by atoms with Crippen molar-refractivity contribution in [2.45, 2.75) is 44.8 Å². The van der Waals surface area contributed by atoms with E-state index >= 15 is 0 Å². The second-order valence-electron chi connectivity index (χ2n) is 7.65. The quantitative estimate of drug-likeness (QED) is 0.663. The zero-order chi connectivity index (χ0) is 21.3. The van der Waals surface area contributed by atoms with Crippen LogP contribution in [0.4, 0.5) is 4.79 Å². The average molecular weight is 413 g/mol. The summed E-state index contributed by atoms with van der Waals surface area (Å²) in [6.07, 6.45) is 5.71. The van der Waals surface area contributed by atoms with Crippen LogP contribution in [0.1, 0.15) is 36.8 Å². The summed E-state index contributed by atoms with van der Waals surface area (Å²) in [6.45, 7) is 1.05. The summed E-state index contributed by atoms with van der Waals surface area (Å²) in [5.41, 5.74) is 2.09. The van der Waals surface area contributed by atoms with Gasteiger partial charge in [-0.1, -0.05) is 24.3 Å². The third kappa shape index (κ3) is 5.81. The van der Waals surface area contributed by atoms with E-state index in [9.17, 15) is 4.79 Å². The number of rotatable bonds is 9. The van der Waals surface area contributed by atoms with Crippen LogP contribution in [0.5, 0.6) is 17.2 Å². The number of hydrogen-bond acceptors (Lipinski definition) is 4. The van der Waals surface area contributed by atoms with Gasteiger partial charge in [0.05, 0.1) is 20.3 Å². The Bertz CT molecular complexity index is 834. The number of nitrogens with zero attached hydrogens (tertiary/aromatic N) is 1. The lowest BCUT2D eigenvalue weighted by Gasteiger charge is -2.20. The number of para-hydroxylation sites is 1. The molecule has 162 valence electrons. The largest absolute Gasteiger partial charge is 0.493 e. The first kappa shape index (κ1) is 21.8. The van der Waals surface area contributed by atoms with Crippen LogP contribution in [0.25, 0.3) is 0 Å². The molecule has 0 spiro atoms. The fraction of sp³-hybridized carbons (Fsp3) is 0.458. The van der Waals surface area contributed by atoms with Crippen molar-refractivity contribution in [3.8, 4) is 17.2 Å². The Morgan fingerprint density at radius 2 is 1.77 bits per heavy atom. The number of likely N-dealkylation sites (N-methyl/N-ethyl adjacent to an activating group) is 1. The molecule has 1 aliphatic rings. The highest BCUT2D eigenvalue weighted by molar-refractivity contribution is 5.74. The zero-order valence-corrected chi connectivity index (χ0v) is 18.1. The molecule has 1 aliphatic carbocycles. The van der Waals surface area contributed by atoms with E-state index in [1.807, 2.05) is 42.5 Å². The summed E-state index contributed by atoms with van der Waals surface area (Å²) in [7, 11) is 5.04. The van der Waals surface area contributed by atoms with E-state index in [2.05, 4.69) is 5.32 Å². The number of ether oxygens (including phenoxy) is 3. The van der Waals surface area contributed by atoms with Gasteiger partial charge in [-0.15, -0.1) is 0 Å². The van der Waals surface area contributed by atoms with Gasteiger partial charge < -0.3 is 24.4 Å². The Morgan fingerprint density at radius 1 is 1.03 bits per heavy atom. The number of nitrogens with one attached hydrogen (secondary N) is 1. The van der Waals surface area contributed by atoms with Crippen molar-refractivity contribution in [2.75, 3.05) is 27.8 Å². The standard InChI is InChI=1S/C24H32N2O4/c1-26(15-14-18-12-13-22(28-2)23(16-18)29-3)24(27)25-17-19-8-4-7-11-21(19)30-20-9-5-6-10-20/h4,7-8,11-13,16,20H,5-6,9-10,14-15,17H2,1-3H3,(H,25,27). The van der Waals surface area contributed by atoms with Gasteiger partial charge in [-0.3, -0.25) is 0 Å². The van der Waals surface area contributed by atoms with Gasteiger partial charge in [0, 0.05) is 25.7 Å². The van der Waals surface area contributed by atoms with Crippen molar-refractivity contribution in [3.63, 3.8) is 0 Å². The second-order valence-corrected chi connectivity index (χ2v) is 7.65. The smallest absolute Gasteiger partial charge is 0.317 e. The van der Waals surface area contributed by atoms with Crippen LogP contribution < -0.4 is 19.5 Å². The highest BCUT2D eigenvalue weighted by atomic mass is 16.5. The maximum absolute atomic E-state index is 12.5. The van der Waals surface area contributed by atoms with Crippen LogP contribution in [0.3, 0.4) is 0 Å². The number of hydrogen-bond donors (Lipinski definition) is 1. The van der Waals surface area contributed by atoms with Gasteiger partial charge in [0.15, 0.2) is 11.5 Å². The molecule has 0 unspecified atom stereocenters. The molecule has 1 N–H and O–H groups in total. The van der Waals surface area contributed by atoms with Crippen molar-refractivity contribution >= 4 is 6.03 Å². The summed E-state index contributed by atoms with van der Waals surface area (Å²) in [6, 6.07) is 13.7. The lowest BCUT2D eigenvalue weighted by Crippen LogP contribution is -2.38. The molecule has 0 saturated heterocycles. The fourth-order valence-corrected chi connectivity index (χ4v) is 3.69. The Hall–Kier alpha value is -2.89. The highest BCUT2D eigenvalue weighted by Gasteiger charge is 2.18. The molecule has 30 heavy (non-hydrogen) atoms. The Morgan fingerprint density at radius 3 is 2.50 bits per heavy atom. The fourth-order valence-electron chi connectivity index (χ4n) is 3.69. The van der Waals surface area contributed by atoms with Gasteiger partial charge >= 0.3 is 6.03 Å². The van der Waals surface area contributed by atoms with Gasteiger partial charge in [-0.05, 0) is 55.9 Å². The SMILES string of the molecule is COc1ccc(CCN(C)C(=O)NCc2ccccc2OC2CCCC2)cc1OC. The molecule has 1 saturated carbocycles. The van der Waals surface area contributed by atoms with Gasteiger partial charge in [0.2, 0.25) is 0 Å². The molecule has 0 atom stereocenters. The molecule has 3 rings (SSSR count). The Kier molecular flexibility index (Phi) is 7.82. The van der Waals surface area contributed by atoms with Crippen molar-refractivity contribution in [1.82, 2.24) is 10.2 Å². The summed E-state index contributed by atoms with van der Waals surface area (Å²) in [5.74, 6) is 2.27. The molecule has 2 amide bonds. The van der Waals surface area contributed by atoms with Crippen LogP contribution in [-0.2, 0) is 13.0 Å². The molecule has 1 fully saturated rings. The monoisotopic (exact) mass is 412 g/mol. The minimum Gasteiger partial charge on any atom is -0.493 e. The number of carbonyl (C=O) groups is 1. The third-order valence-electron chi connectivity index (χ3n) is 5.53. The summed E-state index contributed by atoms with van der Waals surface area (Å²) in [4.78, 5) is 14.2. The molecule has 6 heteroatoms. The van der Waals surface area contributed by atoms with Crippen molar-refractivity contribution in [1.29, 1.82) is 0 Å². The average Bonchev–Trinajstić information content (AvgIpc) is 3.29. The van der Waals surface area contributed by atoms with Crippen molar-refractivity contribution in [3.05, 3.63) is 53.6 Å². The first-order valence-corrected chi connectivity index (χ1v) is 10.5. The van der Waals surface area contributed by atoms with Crippen molar-refractivity contribution < 1.29 is 19.0 Å². The van der Waals surface area contributed by atoms with E-state index in [4.69, 9.17) is 14.2 Å². The van der Waals surface area contributed by atoms with Crippen LogP contribution in [0.15, 0.2) is 42.5 Å². The first-order valence-electron chi connectivity index (χ1n) is 10.5. The Labute approximate surface area is 179 Å². The zero-order valence-electron chi connectivity index (χ0n) is 18.1. The van der Waals surface area contributed by atoms with E-state index in [0.717, 1.165) is 36.1 Å². The molecular weight excluding hydrogens is 380 g/mol. The van der Waals surface area contributed by atoms with E-state index < -0.39 is 0 Å². The predicted molar refractivity (Wildman–Crippen MR) is 117 cm³/mol. The lowest BCUT2D eigenvalue weighted by molar-refractivity contribution is 0.204. The van der Waals surface area contributed by atoms with Gasteiger partial charge in [0.1, 0.15) is 5.75 Å². The number of urea groups is 1. The third-order valence-corrected chi connectivity index (χ3v) is 5.53. The molecule has 0 aromatic heterocycles. The molecular formula is C24H32N2O4. The molecule has 0 bridgehead atoms. The van der Waals surface area contributed by atoms with Crippen LogP contribution in [-0.4, -0.2) is 44.8 Å².